The van der Waals surface area contributed by atoms with Gasteiger partial charge < -0.3 is 14.8 Å². The molecule has 1 atom stereocenters. The number of nitrogens with zero attached hydrogens (tertiary/aromatic N) is 2. The maximum absolute atomic E-state index is 13.1. The van der Waals surface area contributed by atoms with E-state index < -0.39 is 21.8 Å². The molecular formula is C26H35N3O6S. The second-order valence-corrected chi connectivity index (χ2v) is 10.9. The van der Waals surface area contributed by atoms with Crippen LogP contribution in [0.2, 0.25) is 0 Å². The van der Waals surface area contributed by atoms with Gasteiger partial charge in [-0.25, -0.2) is 13.2 Å². The number of anilines is 1. The molecule has 2 amide bonds. The first kappa shape index (κ1) is 27.5. The third-order valence-electron chi connectivity index (χ3n) is 6.48. The van der Waals surface area contributed by atoms with Crippen LogP contribution in [0.5, 0.6) is 5.75 Å². The van der Waals surface area contributed by atoms with E-state index in [0.717, 1.165) is 36.4 Å². The van der Waals surface area contributed by atoms with Gasteiger partial charge in [-0.15, -0.1) is 0 Å². The molecule has 1 N–H and O–H groups in total. The van der Waals surface area contributed by atoms with E-state index in [2.05, 4.69) is 17.1 Å². The molecule has 0 aromatic heterocycles. The van der Waals surface area contributed by atoms with E-state index in [1.165, 1.54) is 33.2 Å². The molecule has 10 heteroatoms. The summed E-state index contributed by atoms with van der Waals surface area (Å²) in [7, 11) is -0.969. The van der Waals surface area contributed by atoms with Crippen LogP contribution in [-0.4, -0.2) is 70.9 Å². The Kier molecular flexibility index (Phi) is 9.33. The summed E-state index contributed by atoms with van der Waals surface area (Å²) in [6, 6.07) is 12.1. The fraction of sp³-hybridized carbons (Fsp3) is 0.462. The van der Waals surface area contributed by atoms with E-state index in [1.54, 1.807) is 0 Å². The number of likely N-dealkylation sites (tertiary alicyclic amines) is 1. The topological polar surface area (TPSA) is 105 Å². The zero-order chi connectivity index (χ0) is 26.3. The van der Waals surface area contributed by atoms with Crippen molar-refractivity contribution >= 4 is 27.5 Å². The highest BCUT2D eigenvalue weighted by molar-refractivity contribution is 7.91. The Hall–Kier alpha value is -3.11. The number of nitrogens with one attached hydrogen (secondary N) is 1. The van der Waals surface area contributed by atoms with Gasteiger partial charge in [-0.3, -0.25) is 14.6 Å². The normalized spacial score (nSPS) is 15.9. The first-order chi connectivity index (χ1) is 17.2. The molecule has 1 aliphatic heterocycles. The average molecular weight is 518 g/mol. The minimum atomic E-state index is -3.79. The van der Waals surface area contributed by atoms with Crippen LogP contribution >= 0.6 is 0 Å². The summed E-state index contributed by atoms with van der Waals surface area (Å²) >= 11 is 0. The molecule has 0 bridgehead atoms. The van der Waals surface area contributed by atoms with Crippen molar-refractivity contribution in [2.75, 3.05) is 44.4 Å². The molecule has 36 heavy (non-hydrogen) atoms. The fourth-order valence-corrected chi connectivity index (χ4v) is 5.45. The van der Waals surface area contributed by atoms with Crippen LogP contribution in [0.15, 0.2) is 47.4 Å². The third-order valence-corrected chi connectivity index (χ3v) is 8.24. The van der Waals surface area contributed by atoms with Crippen molar-refractivity contribution in [1.29, 1.82) is 0 Å². The van der Waals surface area contributed by atoms with Gasteiger partial charge in [0, 0.05) is 25.7 Å². The standard InChI is InChI=1S/C26H35N3O6S/c1-5-29-14-10-13-20(29)17-27-25(30)21-15-24(36(32,33)6-2)22(16-23(21)34-4)28(3)26(31)35-18-19-11-8-7-9-12-19/h7-9,11-12,15-16,20H,5-6,10,13-14,17-18H2,1-4H3,(H,27,30). The van der Waals surface area contributed by atoms with E-state index in [1.807, 2.05) is 30.3 Å². The number of methoxy groups -OCH3 is 1. The molecule has 2 aromatic rings. The number of hydrogen-bond acceptors (Lipinski definition) is 7. The van der Waals surface area contributed by atoms with Crippen LogP contribution in [0, 0.1) is 0 Å². The Labute approximate surface area is 213 Å². The number of sulfone groups is 1. The summed E-state index contributed by atoms with van der Waals surface area (Å²) in [6.07, 6.45) is 1.35. The summed E-state index contributed by atoms with van der Waals surface area (Å²) in [4.78, 5) is 29.2. The number of hydrogen-bond donors (Lipinski definition) is 1. The molecule has 0 radical (unpaired) electrons. The Balaban J connectivity index is 1.88. The van der Waals surface area contributed by atoms with Crippen LogP contribution in [0.1, 0.15) is 42.6 Å². The lowest BCUT2D eigenvalue weighted by atomic mass is 10.1. The fourth-order valence-electron chi connectivity index (χ4n) is 4.33. The first-order valence-corrected chi connectivity index (χ1v) is 13.8. The van der Waals surface area contributed by atoms with Gasteiger partial charge >= 0.3 is 6.09 Å². The highest BCUT2D eigenvalue weighted by Gasteiger charge is 2.29. The molecule has 0 aliphatic carbocycles. The van der Waals surface area contributed by atoms with Crippen LogP contribution < -0.4 is 15.0 Å². The van der Waals surface area contributed by atoms with Gasteiger partial charge in [-0.1, -0.05) is 44.2 Å². The molecule has 1 saturated heterocycles. The zero-order valence-electron chi connectivity index (χ0n) is 21.3. The predicted octanol–water partition coefficient (Wildman–Crippen LogP) is 3.48. The molecule has 2 aromatic carbocycles. The molecule has 0 saturated carbocycles. The van der Waals surface area contributed by atoms with Crippen molar-refractivity contribution in [3.63, 3.8) is 0 Å². The van der Waals surface area contributed by atoms with Gasteiger partial charge in [0.2, 0.25) is 0 Å². The predicted molar refractivity (Wildman–Crippen MR) is 138 cm³/mol. The lowest BCUT2D eigenvalue weighted by molar-refractivity contribution is 0.0938. The van der Waals surface area contributed by atoms with Crippen molar-refractivity contribution in [3.05, 3.63) is 53.6 Å². The minimum Gasteiger partial charge on any atom is -0.496 e. The van der Waals surface area contributed by atoms with Gasteiger partial charge in [0.1, 0.15) is 12.4 Å². The lowest BCUT2D eigenvalue weighted by Crippen LogP contribution is -2.40. The van der Waals surface area contributed by atoms with E-state index in [0.29, 0.717) is 6.54 Å². The molecule has 196 valence electrons. The third kappa shape index (κ3) is 6.36. The average Bonchev–Trinajstić information content (AvgIpc) is 3.37. The van der Waals surface area contributed by atoms with Crippen molar-refractivity contribution in [2.45, 2.75) is 44.2 Å². The molecular weight excluding hydrogens is 482 g/mol. The Morgan fingerprint density at radius 2 is 1.89 bits per heavy atom. The van der Waals surface area contributed by atoms with Crippen LogP contribution in [-0.2, 0) is 21.2 Å². The number of carbonyl (C=O) groups is 2. The molecule has 1 fully saturated rings. The van der Waals surface area contributed by atoms with Gasteiger partial charge in [0.05, 0.1) is 29.0 Å². The number of amides is 2. The van der Waals surface area contributed by atoms with Crippen LogP contribution in [0.25, 0.3) is 0 Å². The van der Waals surface area contributed by atoms with Gasteiger partial charge in [0.15, 0.2) is 9.84 Å². The molecule has 1 aliphatic rings. The molecule has 0 spiro atoms. The van der Waals surface area contributed by atoms with E-state index in [9.17, 15) is 18.0 Å². The molecule has 3 rings (SSSR count). The first-order valence-electron chi connectivity index (χ1n) is 12.1. The second kappa shape index (κ2) is 12.2. The summed E-state index contributed by atoms with van der Waals surface area (Å²) in [6.45, 7) is 6.00. The lowest BCUT2D eigenvalue weighted by Gasteiger charge is -2.24. The second-order valence-electron chi connectivity index (χ2n) is 8.66. The Bertz CT molecular complexity index is 1170. The smallest absolute Gasteiger partial charge is 0.414 e. The molecule has 9 nitrogen and oxygen atoms in total. The summed E-state index contributed by atoms with van der Waals surface area (Å²) in [5.41, 5.74) is 0.978. The summed E-state index contributed by atoms with van der Waals surface area (Å²) < 4.78 is 36.8. The SMILES string of the molecule is CCN1CCCC1CNC(=O)c1cc(S(=O)(=O)CC)c(N(C)C(=O)OCc2ccccc2)cc1OC. The van der Waals surface area contributed by atoms with E-state index in [-0.39, 0.29) is 40.3 Å². The van der Waals surface area contributed by atoms with Crippen molar-refractivity contribution in [3.8, 4) is 5.75 Å². The van der Waals surface area contributed by atoms with Crippen molar-refractivity contribution in [2.24, 2.45) is 0 Å². The van der Waals surface area contributed by atoms with Gasteiger partial charge in [0.25, 0.3) is 5.91 Å². The van der Waals surface area contributed by atoms with Crippen molar-refractivity contribution in [1.82, 2.24) is 10.2 Å². The quantitative estimate of drug-likeness (QED) is 0.514. The van der Waals surface area contributed by atoms with Crippen LogP contribution in [0.3, 0.4) is 0 Å². The number of benzene rings is 2. The monoisotopic (exact) mass is 517 g/mol. The highest BCUT2D eigenvalue weighted by Crippen LogP contribution is 2.34. The number of ether oxygens (including phenoxy) is 2. The summed E-state index contributed by atoms with van der Waals surface area (Å²) in [5.74, 6) is -0.462. The van der Waals surface area contributed by atoms with Crippen molar-refractivity contribution < 1.29 is 27.5 Å². The van der Waals surface area contributed by atoms with Crippen LogP contribution in [0.4, 0.5) is 10.5 Å². The molecule has 1 unspecified atom stereocenters. The van der Waals surface area contributed by atoms with E-state index in [4.69, 9.17) is 9.47 Å². The largest absolute Gasteiger partial charge is 0.496 e. The summed E-state index contributed by atoms with van der Waals surface area (Å²) in [5, 5.41) is 2.93. The maximum Gasteiger partial charge on any atom is 0.414 e. The Morgan fingerprint density at radius 1 is 1.17 bits per heavy atom. The van der Waals surface area contributed by atoms with Gasteiger partial charge in [-0.05, 0) is 37.6 Å². The highest BCUT2D eigenvalue weighted by atomic mass is 32.2. The van der Waals surface area contributed by atoms with E-state index >= 15 is 0 Å². The minimum absolute atomic E-state index is 0.0352. The number of carbonyl (C=O) groups excluding carboxylic acids is 2. The van der Waals surface area contributed by atoms with Gasteiger partial charge in [-0.2, -0.15) is 0 Å². The molecule has 1 heterocycles. The Morgan fingerprint density at radius 3 is 2.53 bits per heavy atom. The zero-order valence-corrected chi connectivity index (χ0v) is 22.1. The number of rotatable bonds is 10. The maximum atomic E-state index is 13.1. The number of likely N-dealkylation sites (N-methyl/N-ethyl adjacent to an activating group) is 1.